The first kappa shape index (κ1) is 17.7. The van der Waals surface area contributed by atoms with Gasteiger partial charge in [0.05, 0.1) is 0 Å². The molecule has 2 heterocycles. The van der Waals surface area contributed by atoms with Gasteiger partial charge in [0, 0.05) is 55.9 Å². The van der Waals surface area contributed by atoms with E-state index in [9.17, 15) is 4.79 Å². The largest absolute Gasteiger partial charge is 0.339 e. The summed E-state index contributed by atoms with van der Waals surface area (Å²) in [6, 6.07) is 7.86. The van der Waals surface area contributed by atoms with Crippen LogP contribution in [0.5, 0.6) is 0 Å². The molecule has 0 unspecified atom stereocenters. The number of carbonyl (C=O) groups excluding carboxylic acids is 1. The van der Waals surface area contributed by atoms with E-state index >= 15 is 0 Å². The molecule has 2 aliphatic rings. The quantitative estimate of drug-likeness (QED) is 0.839. The zero-order valence-corrected chi connectivity index (χ0v) is 15.5. The molecule has 1 amide bonds. The molecule has 4 nitrogen and oxygen atoms in total. The van der Waals surface area contributed by atoms with E-state index in [1.165, 1.54) is 13.1 Å². The first-order valence-electron chi connectivity index (χ1n) is 9.00. The average Bonchev–Trinajstić information content (AvgIpc) is 2.58. The molecule has 0 radical (unpaired) electrons. The summed E-state index contributed by atoms with van der Waals surface area (Å²) in [6.07, 6.45) is 2.22. The van der Waals surface area contributed by atoms with Crippen molar-refractivity contribution >= 4 is 17.5 Å². The minimum absolute atomic E-state index is 0.137. The van der Waals surface area contributed by atoms with Crippen LogP contribution in [-0.4, -0.2) is 73.0 Å². The maximum Gasteiger partial charge on any atom is 0.253 e. The Labute approximate surface area is 150 Å². The molecule has 1 atom stereocenters. The van der Waals surface area contributed by atoms with Gasteiger partial charge in [-0.1, -0.05) is 11.6 Å². The number of rotatable bonds is 3. The monoisotopic (exact) mass is 349 g/mol. The maximum atomic E-state index is 12.6. The Balaban J connectivity index is 1.49. The summed E-state index contributed by atoms with van der Waals surface area (Å²) >= 11 is 5.90. The molecule has 2 fully saturated rings. The number of likely N-dealkylation sites (tertiary alicyclic amines) is 1. The molecule has 2 aliphatic heterocycles. The third-order valence-electron chi connectivity index (χ3n) is 5.45. The molecule has 5 heteroatoms. The van der Waals surface area contributed by atoms with Crippen molar-refractivity contribution < 1.29 is 4.79 Å². The highest BCUT2D eigenvalue weighted by Gasteiger charge is 2.28. The summed E-state index contributed by atoms with van der Waals surface area (Å²) in [6.45, 7) is 8.74. The number of piperidine rings is 1. The van der Waals surface area contributed by atoms with Crippen LogP contribution in [-0.2, 0) is 0 Å². The molecule has 2 saturated heterocycles. The second-order valence-electron chi connectivity index (χ2n) is 7.35. The van der Waals surface area contributed by atoms with E-state index in [2.05, 4.69) is 23.8 Å². The highest BCUT2D eigenvalue weighted by atomic mass is 35.5. The fourth-order valence-electron chi connectivity index (χ4n) is 3.87. The fraction of sp³-hybridized carbons (Fsp3) is 0.632. The topological polar surface area (TPSA) is 26.8 Å². The van der Waals surface area contributed by atoms with Crippen LogP contribution in [0.2, 0.25) is 5.02 Å². The van der Waals surface area contributed by atoms with Crippen molar-refractivity contribution in [2.24, 2.45) is 5.92 Å². The van der Waals surface area contributed by atoms with Crippen molar-refractivity contribution in [3.05, 3.63) is 34.9 Å². The summed E-state index contributed by atoms with van der Waals surface area (Å²) in [5.74, 6) is 0.850. The molecule has 1 aromatic rings. The molecular formula is C19H28ClN3O. The molecule has 0 bridgehead atoms. The van der Waals surface area contributed by atoms with Gasteiger partial charge in [0.2, 0.25) is 0 Å². The number of likely N-dealkylation sites (N-methyl/N-ethyl adjacent to an activating group) is 1. The third-order valence-corrected chi connectivity index (χ3v) is 5.71. The number of piperazine rings is 1. The Hall–Kier alpha value is -1.10. The standard InChI is InChI=1S/C19H28ClN3O/c1-15-13-21(2)11-12-23(15)14-16-7-9-22(10-8-16)19(24)17-3-5-18(20)6-4-17/h3-6,15-16H,7-14H2,1-2H3/t15-/m0/s1. The minimum atomic E-state index is 0.137. The van der Waals surface area contributed by atoms with Crippen LogP contribution in [0.15, 0.2) is 24.3 Å². The van der Waals surface area contributed by atoms with Crippen molar-refractivity contribution in [1.29, 1.82) is 0 Å². The summed E-state index contributed by atoms with van der Waals surface area (Å²) in [4.78, 5) is 19.6. The first-order chi connectivity index (χ1) is 11.5. The Bertz CT molecular complexity index is 554. The van der Waals surface area contributed by atoms with Gasteiger partial charge in [-0.25, -0.2) is 0 Å². The number of carbonyl (C=O) groups is 1. The molecule has 1 aromatic carbocycles. The van der Waals surface area contributed by atoms with E-state index in [-0.39, 0.29) is 5.91 Å². The van der Waals surface area contributed by atoms with Crippen molar-refractivity contribution in [3.8, 4) is 0 Å². The lowest BCUT2D eigenvalue weighted by Gasteiger charge is -2.41. The van der Waals surface area contributed by atoms with Crippen LogP contribution in [0.4, 0.5) is 0 Å². The van der Waals surface area contributed by atoms with Crippen LogP contribution in [0, 0.1) is 5.92 Å². The Kier molecular flexibility index (Phi) is 5.80. The zero-order valence-electron chi connectivity index (χ0n) is 14.7. The minimum Gasteiger partial charge on any atom is -0.339 e. The molecule has 0 saturated carbocycles. The van der Waals surface area contributed by atoms with Gasteiger partial charge >= 0.3 is 0 Å². The number of halogens is 1. The molecule has 3 rings (SSSR count). The average molecular weight is 350 g/mol. The molecule has 0 N–H and O–H groups in total. The zero-order chi connectivity index (χ0) is 17.1. The Morgan fingerprint density at radius 3 is 2.42 bits per heavy atom. The van der Waals surface area contributed by atoms with Crippen LogP contribution in [0.1, 0.15) is 30.1 Å². The van der Waals surface area contributed by atoms with Gasteiger partial charge in [0.25, 0.3) is 5.91 Å². The normalized spacial score (nSPS) is 24.3. The van der Waals surface area contributed by atoms with Gasteiger partial charge in [0.15, 0.2) is 0 Å². The van der Waals surface area contributed by atoms with Crippen LogP contribution < -0.4 is 0 Å². The van der Waals surface area contributed by atoms with Gasteiger partial charge < -0.3 is 9.80 Å². The lowest BCUT2D eigenvalue weighted by Crippen LogP contribution is -2.52. The SMILES string of the molecule is C[C@H]1CN(C)CCN1CC1CCN(C(=O)c2ccc(Cl)cc2)CC1. The number of amides is 1. The summed E-state index contributed by atoms with van der Waals surface area (Å²) in [7, 11) is 2.20. The van der Waals surface area contributed by atoms with Crippen molar-refractivity contribution in [3.63, 3.8) is 0 Å². The first-order valence-corrected chi connectivity index (χ1v) is 9.38. The van der Waals surface area contributed by atoms with Crippen LogP contribution in [0.3, 0.4) is 0 Å². The number of nitrogens with zero attached hydrogens (tertiary/aromatic N) is 3. The van der Waals surface area contributed by atoms with E-state index in [4.69, 9.17) is 11.6 Å². The number of benzene rings is 1. The molecular weight excluding hydrogens is 322 g/mol. The highest BCUT2D eigenvalue weighted by Crippen LogP contribution is 2.22. The van der Waals surface area contributed by atoms with E-state index in [1.807, 2.05) is 17.0 Å². The van der Waals surface area contributed by atoms with Crippen molar-refractivity contribution in [2.45, 2.75) is 25.8 Å². The Morgan fingerprint density at radius 1 is 1.12 bits per heavy atom. The lowest BCUT2D eigenvalue weighted by molar-refractivity contribution is 0.0556. The van der Waals surface area contributed by atoms with E-state index in [0.717, 1.165) is 44.6 Å². The van der Waals surface area contributed by atoms with Crippen LogP contribution >= 0.6 is 11.6 Å². The number of hydrogen-bond donors (Lipinski definition) is 0. The fourth-order valence-corrected chi connectivity index (χ4v) is 4.00. The van der Waals surface area contributed by atoms with Gasteiger partial charge in [-0.3, -0.25) is 9.69 Å². The van der Waals surface area contributed by atoms with Crippen molar-refractivity contribution in [1.82, 2.24) is 14.7 Å². The third kappa shape index (κ3) is 4.29. The summed E-state index contributed by atoms with van der Waals surface area (Å²) < 4.78 is 0. The molecule has 0 spiro atoms. The maximum absolute atomic E-state index is 12.6. The predicted molar refractivity (Wildman–Crippen MR) is 98.6 cm³/mol. The van der Waals surface area contributed by atoms with Gasteiger partial charge in [-0.05, 0) is 57.0 Å². The summed E-state index contributed by atoms with van der Waals surface area (Å²) in [5, 5.41) is 0.673. The molecule has 132 valence electrons. The van der Waals surface area contributed by atoms with Gasteiger partial charge in [-0.15, -0.1) is 0 Å². The second kappa shape index (κ2) is 7.85. The molecule has 24 heavy (non-hydrogen) atoms. The van der Waals surface area contributed by atoms with Gasteiger partial charge in [0.1, 0.15) is 0 Å². The smallest absolute Gasteiger partial charge is 0.253 e. The number of hydrogen-bond acceptors (Lipinski definition) is 3. The summed E-state index contributed by atoms with van der Waals surface area (Å²) in [5.41, 5.74) is 0.741. The van der Waals surface area contributed by atoms with E-state index < -0.39 is 0 Å². The van der Waals surface area contributed by atoms with E-state index in [0.29, 0.717) is 17.0 Å². The van der Waals surface area contributed by atoms with Crippen molar-refractivity contribution in [2.75, 3.05) is 46.3 Å². The lowest BCUT2D eigenvalue weighted by atomic mass is 9.94. The van der Waals surface area contributed by atoms with E-state index in [1.54, 1.807) is 12.1 Å². The molecule has 0 aliphatic carbocycles. The Morgan fingerprint density at radius 2 is 1.79 bits per heavy atom. The highest BCUT2D eigenvalue weighted by molar-refractivity contribution is 6.30. The predicted octanol–water partition coefficient (Wildman–Crippen LogP) is 2.83. The second-order valence-corrected chi connectivity index (χ2v) is 7.79. The molecule has 0 aromatic heterocycles. The van der Waals surface area contributed by atoms with Crippen LogP contribution in [0.25, 0.3) is 0 Å². The van der Waals surface area contributed by atoms with Gasteiger partial charge in [-0.2, -0.15) is 0 Å².